The van der Waals surface area contributed by atoms with E-state index < -0.39 is 5.41 Å². The molecule has 1 aromatic carbocycles. The third-order valence-corrected chi connectivity index (χ3v) is 3.98. The Bertz CT molecular complexity index is 644. The van der Waals surface area contributed by atoms with E-state index in [4.69, 9.17) is 4.74 Å². The number of ether oxygens (including phenoxy) is 1. The highest BCUT2D eigenvalue weighted by molar-refractivity contribution is 9.10. The van der Waals surface area contributed by atoms with Crippen LogP contribution < -0.4 is 0 Å². The smallest absolute Gasteiger partial charge is 0.319 e. The number of methoxy groups -OCH3 is 1. The topological polar surface area (TPSA) is 55.0 Å². The van der Waals surface area contributed by atoms with E-state index in [9.17, 15) is 4.79 Å². The Morgan fingerprint density at radius 3 is 2.83 bits per heavy atom. The zero-order chi connectivity index (χ0) is 12.9. The van der Waals surface area contributed by atoms with Crippen molar-refractivity contribution in [1.82, 2.24) is 9.97 Å². The summed E-state index contributed by atoms with van der Waals surface area (Å²) in [4.78, 5) is 19.7. The van der Waals surface area contributed by atoms with Crippen LogP contribution in [0.1, 0.15) is 24.2 Å². The number of imidazole rings is 1. The van der Waals surface area contributed by atoms with Gasteiger partial charge in [-0.25, -0.2) is 4.98 Å². The summed E-state index contributed by atoms with van der Waals surface area (Å²) in [6.07, 6.45) is 1.61. The van der Waals surface area contributed by atoms with E-state index in [1.54, 1.807) is 0 Å². The molecule has 1 aliphatic carbocycles. The molecular formula is C13H13BrN2O2. The van der Waals surface area contributed by atoms with E-state index in [0.717, 1.165) is 39.7 Å². The maximum absolute atomic E-state index is 11.8. The van der Waals surface area contributed by atoms with Gasteiger partial charge in [-0.3, -0.25) is 4.79 Å². The van der Waals surface area contributed by atoms with Gasteiger partial charge >= 0.3 is 5.97 Å². The largest absolute Gasteiger partial charge is 0.468 e. The molecule has 1 heterocycles. The number of carbonyl (C=O) groups excluding carboxylic acids is 1. The first-order valence-electron chi connectivity index (χ1n) is 5.81. The fourth-order valence-electron chi connectivity index (χ4n) is 2.33. The van der Waals surface area contributed by atoms with Crippen molar-refractivity contribution in [3.05, 3.63) is 28.0 Å². The fraction of sp³-hybridized carbons (Fsp3) is 0.385. The van der Waals surface area contributed by atoms with Crippen molar-refractivity contribution < 1.29 is 9.53 Å². The highest BCUT2D eigenvalue weighted by Gasteiger charge is 2.55. The van der Waals surface area contributed by atoms with Crippen LogP contribution in [0.2, 0.25) is 0 Å². The van der Waals surface area contributed by atoms with Crippen molar-refractivity contribution in [3.8, 4) is 0 Å². The van der Waals surface area contributed by atoms with Gasteiger partial charge in [0.1, 0.15) is 11.2 Å². The van der Waals surface area contributed by atoms with Gasteiger partial charge < -0.3 is 9.72 Å². The number of hydrogen-bond donors (Lipinski definition) is 1. The van der Waals surface area contributed by atoms with E-state index in [2.05, 4.69) is 25.9 Å². The zero-order valence-electron chi connectivity index (χ0n) is 10.2. The molecule has 0 aliphatic heterocycles. The lowest BCUT2D eigenvalue weighted by molar-refractivity contribution is -0.143. The average Bonchev–Trinajstić information content (AvgIpc) is 3.03. The average molecular weight is 309 g/mol. The maximum Gasteiger partial charge on any atom is 0.319 e. The molecule has 0 amide bonds. The SMILES string of the molecule is COC(=O)C1(c2nc3c(C)cc(Br)cc3[nH]2)CC1. The summed E-state index contributed by atoms with van der Waals surface area (Å²) in [5.41, 5.74) is 2.42. The number of benzene rings is 1. The van der Waals surface area contributed by atoms with Gasteiger partial charge in [0.15, 0.2) is 0 Å². The highest BCUT2D eigenvalue weighted by atomic mass is 79.9. The van der Waals surface area contributed by atoms with Crippen LogP contribution in [0.25, 0.3) is 11.0 Å². The predicted molar refractivity (Wildman–Crippen MR) is 71.5 cm³/mol. The molecule has 3 rings (SSSR count). The van der Waals surface area contributed by atoms with Gasteiger partial charge in [-0.05, 0) is 37.5 Å². The Morgan fingerprint density at radius 1 is 1.50 bits per heavy atom. The van der Waals surface area contributed by atoms with Crippen molar-refractivity contribution in [1.29, 1.82) is 0 Å². The van der Waals surface area contributed by atoms with Crippen LogP contribution in [-0.2, 0) is 14.9 Å². The molecule has 0 spiro atoms. The van der Waals surface area contributed by atoms with Gasteiger partial charge in [0, 0.05) is 4.47 Å². The van der Waals surface area contributed by atoms with Crippen LogP contribution in [0.5, 0.6) is 0 Å². The first-order chi connectivity index (χ1) is 8.56. The summed E-state index contributed by atoms with van der Waals surface area (Å²) in [6, 6.07) is 4.00. The molecule has 1 saturated carbocycles. The molecule has 1 N–H and O–H groups in total. The number of rotatable bonds is 2. The second-order valence-corrected chi connectivity index (χ2v) is 5.69. The Kier molecular flexibility index (Phi) is 2.48. The second kappa shape index (κ2) is 3.82. The molecule has 5 heteroatoms. The number of H-pyrrole nitrogens is 1. The summed E-state index contributed by atoms with van der Waals surface area (Å²) in [5.74, 6) is 0.531. The molecule has 0 unspecified atom stereocenters. The Balaban J connectivity index is 2.15. The number of nitrogens with one attached hydrogen (secondary N) is 1. The lowest BCUT2D eigenvalue weighted by atomic mass is 10.1. The lowest BCUT2D eigenvalue weighted by Gasteiger charge is -2.08. The highest BCUT2D eigenvalue weighted by Crippen LogP contribution is 2.48. The monoisotopic (exact) mass is 308 g/mol. The van der Waals surface area contributed by atoms with Gasteiger partial charge in [-0.15, -0.1) is 0 Å². The Labute approximate surface area is 113 Å². The van der Waals surface area contributed by atoms with Crippen molar-refractivity contribution in [2.75, 3.05) is 7.11 Å². The summed E-state index contributed by atoms with van der Waals surface area (Å²) < 4.78 is 5.88. The van der Waals surface area contributed by atoms with Crippen LogP contribution in [0.15, 0.2) is 16.6 Å². The standard InChI is InChI=1S/C13H13BrN2O2/c1-7-5-8(14)6-9-10(7)16-11(15-9)13(3-4-13)12(17)18-2/h5-6H,3-4H2,1-2H3,(H,15,16). The Hall–Kier alpha value is -1.36. The van der Waals surface area contributed by atoms with E-state index in [1.807, 2.05) is 19.1 Å². The molecule has 1 aliphatic rings. The van der Waals surface area contributed by atoms with Crippen molar-refractivity contribution in [3.63, 3.8) is 0 Å². The molecule has 18 heavy (non-hydrogen) atoms. The molecule has 2 aromatic rings. The summed E-state index contributed by atoms with van der Waals surface area (Å²) in [7, 11) is 1.42. The number of aryl methyl sites for hydroxylation is 1. The number of fused-ring (bicyclic) bond motifs is 1. The number of aromatic amines is 1. The van der Waals surface area contributed by atoms with Crippen LogP contribution in [0.4, 0.5) is 0 Å². The molecule has 1 aromatic heterocycles. The number of aromatic nitrogens is 2. The van der Waals surface area contributed by atoms with Gasteiger partial charge in [-0.2, -0.15) is 0 Å². The maximum atomic E-state index is 11.8. The fourth-order valence-corrected chi connectivity index (χ4v) is 2.90. The minimum absolute atomic E-state index is 0.196. The van der Waals surface area contributed by atoms with Crippen molar-refractivity contribution in [2.45, 2.75) is 25.2 Å². The van der Waals surface area contributed by atoms with E-state index in [1.165, 1.54) is 7.11 Å². The number of nitrogens with zero attached hydrogens (tertiary/aromatic N) is 1. The van der Waals surface area contributed by atoms with Crippen LogP contribution in [0, 0.1) is 6.92 Å². The van der Waals surface area contributed by atoms with Gasteiger partial charge in [0.2, 0.25) is 0 Å². The van der Waals surface area contributed by atoms with Gasteiger partial charge in [0.05, 0.1) is 18.1 Å². The molecule has 0 bridgehead atoms. The molecule has 0 saturated heterocycles. The molecule has 0 radical (unpaired) electrons. The minimum Gasteiger partial charge on any atom is -0.468 e. The van der Waals surface area contributed by atoms with Crippen molar-refractivity contribution in [2.24, 2.45) is 0 Å². The van der Waals surface area contributed by atoms with E-state index >= 15 is 0 Å². The third-order valence-electron chi connectivity index (χ3n) is 3.52. The summed E-state index contributed by atoms with van der Waals surface area (Å²) in [5, 5.41) is 0. The lowest BCUT2D eigenvalue weighted by Crippen LogP contribution is -2.23. The summed E-state index contributed by atoms with van der Waals surface area (Å²) >= 11 is 3.46. The normalized spacial score (nSPS) is 16.8. The zero-order valence-corrected chi connectivity index (χ0v) is 11.8. The molecule has 1 fully saturated rings. The predicted octanol–water partition coefficient (Wildman–Crippen LogP) is 2.84. The number of carbonyl (C=O) groups is 1. The van der Waals surface area contributed by atoms with Crippen LogP contribution in [-0.4, -0.2) is 23.0 Å². The quantitative estimate of drug-likeness (QED) is 0.868. The van der Waals surface area contributed by atoms with Crippen molar-refractivity contribution >= 4 is 32.9 Å². The minimum atomic E-state index is -0.535. The number of halogens is 1. The molecule has 94 valence electrons. The molecule has 0 atom stereocenters. The molecule has 4 nitrogen and oxygen atoms in total. The van der Waals surface area contributed by atoms with E-state index in [0.29, 0.717) is 0 Å². The summed E-state index contributed by atoms with van der Waals surface area (Å²) in [6.45, 7) is 2.01. The Morgan fingerprint density at radius 2 is 2.22 bits per heavy atom. The first-order valence-corrected chi connectivity index (χ1v) is 6.61. The van der Waals surface area contributed by atoms with Crippen LogP contribution in [0.3, 0.4) is 0 Å². The second-order valence-electron chi connectivity index (χ2n) is 4.78. The number of hydrogen-bond acceptors (Lipinski definition) is 3. The van der Waals surface area contributed by atoms with E-state index in [-0.39, 0.29) is 5.97 Å². The van der Waals surface area contributed by atoms with Crippen LogP contribution >= 0.6 is 15.9 Å². The first kappa shape index (κ1) is 11.7. The van der Waals surface area contributed by atoms with Gasteiger partial charge in [-0.1, -0.05) is 15.9 Å². The molecular weight excluding hydrogens is 296 g/mol. The third kappa shape index (κ3) is 1.57. The van der Waals surface area contributed by atoms with Gasteiger partial charge in [0.25, 0.3) is 0 Å². The number of esters is 1.